The molecule has 0 saturated carbocycles. The van der Waals surface area contributed by atoms with Gasteiger partial charge in [-0.1, -0.05) is 56.7 Å². The standard InChI is InChI=1S/C20H27N5/c1-15-10-8-6-5-7-9-11-16(15)25-14-24-17-18(21-12-20(2,3)4)22-13-23-19(17)25/h5-6,9-11,13-14,16H,7-8,12H2,1-4H3,(H,21,22,23)/b6-5-,11-9?,15-10-. The van der Waals surface area contributed by atoms with E-state index in [1.807, 2.05) is 6.33 Å². The highest BCUT2D eigenvalue weighted by Gasteiger charge is 2.18. The van der Waals surface area contributed by atoms with Gasteiger partial charge in [0.25, 0.3) is 0 Å². The van der Waals surface area contributed by atoms with Crippen molar-refractivity contribution < 1.29 is 0 Å². The SMILES string of the molecule is C/C1=C/C/C=C\CC=CC1n1cnc2c(NCC(C)(C)C)ncnc21. The largest absolute Gasteiger partial charge is 0.368 e. The summed E-state index contributed by atoms with van der Waals surface area (Å²) in [5, 5.41) is 3.42. The van der Waals surface area contributed by atoms with Gasteiger partial charge >= 0.3 is 0 Å². The first-order chi connectivity index (χ1) is 12.0. The Balaban J connectivity index is 1.97. The van der Waals surface area contributed by atoms with Crippen molar-refractivity contribution in [2.75, 3.05) is 11.9 Å². The number of nitrogens with one attached hydrogen (secondary N) is 1. The van der Waals surface area contributed by atoms with Crippen LogP contribution in [0.1, 0.15) is 46.6 Å². The van der Waals surface area contributed by atoms with Crippen molar-refractivity contribution in [2.45, 2.75) is 46.6 Å². The quantitative estimate of drug-likeness (QED) is 0.826. The molecule has 132 valence electrons. The molecule has 0 spiro atoms. The van der Waals surface area contributed by atoms with Crippen LogP contribution in [0.15, 0.2) is 48.6 Å². The van der Waals surface area contributed by atoms with Crippen molar-refractivity contribution in [3.8, 4) is 0 Å². The highest BCUT2D eigenvalue weighted by Crippen LogP contribution is 2.27. The van der Waals surface area contributed by atoms with Crippen molar-refractivity contribution in [1.82, 2.24) is 19.5 Å². The minimum absolute atomic E-state index is 0.135. The average Bonchev–Trinajstić information content (AvgIpc) is 3.01. The molecule has 0 bridgehead atoms. The molecule has 1 atom stereocenters. The Morgan fingerprint density at radius 2 is 1.92 bits per heavy atom. The molecule has 25 heavy (non-hydrogen) atoms. The van der Waals surface area contributed by atoms with Gasteiger partial charge in [0.05, 0.1) is 12.4 Å². The predicted octanol–water partition coefficient (Wildman–Crippen LogP) is 4.68. The molecule has 0 aromatic carbocycles. The number of aromatic nitrogens is 4. The summed E-state index contributed by atoms with van der Waals surface area (Å²) in [6.07, 6.45) is 16.5. The van der Waals surface area contributed by atoms with Gasteiger partial charge in [-0.25, -0.2) is 15.0 Å². The van der Waals surface area contributed by atoms with E-state index in [4.69, 9.17) is 0 Å². The van der Waals surface area contributed by atoms with Crippen LogP contribution in [0.5, 0.6) is 0 Å². The molecule has 0 radical (unpaired) electrons. The lowest BCUT2D eigenvalue weighted by atomic mass is 9.97. The van der Waals surface area contributed by atoms with Crippen LogP contribution in [0, 0.1) is 5.41 Å². The number of allylic oxidation sites excluding steroid dienone is 6. The number of hydrogen-bond donors (Lipinski definition) is 1. The minimum atomic E-state index is 0.135. The van der Waals surface area contributed by atoms with Gasteiger partial charge in [0, 0.05) is 6.54 Å². The third kappa shape index (κ3) is 4.16. The predicted molar refractivity (Wildman–Crippen MR) is 104 cm³/mol. The van der Waals surface area contributed by atoms with E-state index in [1.165, 1.54) is 5.57 Å². The molecule has 1 unspecified atom stereocenters. The summed E-state index contributed by atoms with van der Waals surface area (Å²) < 4.78 is 2.13. The first kappa shape index (κ1) is 17.4. The monoisotopic (exact) mass is 337 g/mol. The molecule has 3 rings (SSSR count). The molecule has 2 aromatic heterocycles. The summed E-state index contributed by atoms with van der Waals surface area (Å²) in [7, 11) is 0. The summed E-state index contributed by atoms with van der Waals surface area (Å²) in [6.45, 7) is 9.59. The fourth-order valence-electron chi connectivity index (χ4n) is 2.85. The van der Waals surface area contributed by atoms with Crippen LogP contribution in [0.4, 0.5) is 5.82 Å². The van der Waals surface area contributed by atoms with Gasteiger partial charge in [-0.2, -0.15) is 0 Å². The molecule has 5 nitrogen and oxygen atoms in total. The van der Waals surface area contributed by atoms with Crippen LogP contribution in [-0.4, -0.2) is 26.1 Å². The summed E-state index contributed by atoms with van der Waals surface area (Å²) in [4.78, 5) is 13.5. The Morgan fingerprint density at radius 1 is 1.12 bits per heavy atom. The van der Waals surface area contributed by atoms with E-state index in [2.05, 4.69) is 82.9 Å². The third-order valence-corrected chi connectivity index (χ3v) is 4.24. The molecule has 2 aromatic rings. The Kier molecular flexibility index (Phi) is 5.02. The molecule has 0 amide bonds. The molecule has 0 fully saturated rings. The number of hydrogen-bond acceptors (Lipinski definition) is 4. The number of fused-ring (bicyclic) bond motifs is 1. The lowest BCUT2D eigenvalue weighted by Crippen LogP contribution is -2.19. The van der Waals surface area contributed by atoms with Crippen molar-refractivity contribution in [3.05, 3.63) is 48.6 Å². The maximum absolute atomic E-state index is 4.61. The molecule has 1 aliphatic rings. The first-order valence-electron chi connectivity index (χ1n) is 8.85. The Morgan fingerprint density at radius 3 is 2.72 bits per heavy atom. The Hall–Kier alpha value is -2.43. The minimum Gasteiger partial charge on any atom is -0.368 e. The van der Waals surface area contributed by atoms with E-state index in [9.17, 15) is 0 Å². The van der Waals surface area contributed by atoms with Crippen molar-refractivity contribution in [1.29, 1.82) is 0 Å². The van der Waals surface area contributed by atoms with Gasteiger partial charge in [-0.3, -0.25) is 0 Å². The van der Waals surface area contributed by atoms with Crippen LogP contribution >= 0.6 is 0 Å². The second-order valence-electron chi connectivity index (χ2n) is 7.72. The second-order valence-corrected chi connectivity index (χ2v) is 7.72. The lowest BCUT2D eigenvalue weighted by Gasteiger charge is -2.19. The van der Waals surface area contributed by atoms with Gasteiger partial charge in [0.15, 0.2) is 11.5 Å². The van der Waals surface area contributed by atoms with Gasteiger partial charge in [0.1, 0.15) is 11.8 Å². The molecular formula is C20H27N5. The highest BCUT2D eigenvalue weighted by molar-refractivity contribution is 5.82. The van der Waals surface area contributed by atoms with E-state index in [0.717, 1.165) is 36.4 Å². The van der Waals surface area contributed by atoms with Crippen LogP contribution in [0.3, 0.4) is 0 Å². The molecular weight excluding hydrogens is 310 g/mol. The van der Waals surface area contributed by atoms with Gasteiger partial charge in [-0.05, 0) is 25.2 Å². The zero-order valence-electron chi connectivity index (χ0n) is 15.5. The summed E-state index contributed by atoms with van der Waals surface area (Å²) in [5.74, 6) is 0.800. The smallest absolute Gasteiger partial charge is 0.166 e. The topological polar surface area (TPSA) is 55.6 Å². The van der Waals surface area contributed by atoms with E-state index >= 15 is 0 Å². The number of anilines is 1. The van der Waals surface area contributed by atoms with Crippen LogP contribution in [-0.2, 0) is 0 Å². The average molecular weight is 337 g/mol. The molecule has 0 saturated heterocycles. The molecule has 1 N–H and O–H groups in total. The number of nitrogens with zero attached hydrogens (tertiary/aromatic N) is 4. The third-order valence-electron chi connectivity index (χ3n) is 4.24. The zero-order valence-corrected chi connectivity index (χ0v) is 15.5. The zero-order chi connectivity index (χ0) is 17.9. The summed E-state index contributed by atoms with van der Waals surface area (Å²) in [5.41, 5.74) is 3.16. The molecule has 0 aliphatic heterocycles. The number of rotatable bonds is 3. The lowest BCUT2D eigenvalue weighted by molar-refractivity contribution is 0.442. The fraction of sp³-hybridized carbons (Fsp3) is 0.450. The fourth-order valence-corrected chi connectivity index (χ4v) is 2.85. The second kappa shape index (κ2) is 7.21. The van der Waals surface area contributed by atoms with Gasteiger partial charge < -0.3 is 9.88 Å². The van der Waals surface area contributed by atoms with Gasteiger partial charge in [-0.15, -0.1) is 0 Å². The number of imidazole rings is 1. The van der Waals surface area contributed by atoms with Crippen molar-refractivity contribution in [2.24, 2.45) is 5.41 Å². The van der Waals surface area contributed by atoms with E-state index in [1.54, 1.807) is 6.33 Å². The highest BCUT2D eigenvalue weighted by atomic mass is 15.2. The van der Waals surface area contributed by atoms with Crippen LogP contribution < -0.4 is 5.32 Å². The maximum Gasteiger partial charge on any atom is 0.166 e. The summed E-state index contributed by atoms with van der Waals surface area (Å²) in [6, 6.07) is 0.135. The first-order valence-corrected chi connectivity index (χ1v) is 8.85. The van der Waals surface area contributed by atoms with Crippen LogP contribution in [0.25, 0.3) is 11.2 Å². The van der Waals surface area contributed by atoms with E-state index in [-0.39, 0.29) is 11.5 Å². The summed E-state index contributed by atoms with van der Waals surface area (Å²) >= 11 is 0. The van der Waals surface area contributed by atoms with E-state index in [0.29, 0.717) is 0 Å². The normalized spacial score (nSPS) is 21.9. The Labute approximate surface area is 149 Å². The van der Waals surface area contributed by atoms with Crippen molar-refractivity contribution >= 4 is 17.0 Å². The van der Waals surface area contributed by atoms with Gasteiger partial charge in [0.2, 0.25) is 0 Å². The molecule has 1 aliphatic carbocycles. The van der Waals surface area contributed by atoms with Crippen LogP contribution in [0.2, 0.25) is 0 Å². The van der Waals surface area contributed by atoms with E-state index < -0.39 is 0 Å². The van der Waals surface area contributed by atoms with Crippen molar-refractivity contribution in [3.63, 3.8) is 0 Å². The molecule has 5 heteroatoms. The Bertz CT molecular complexity index is 820. The molecule has 2 heterocycles. The maximum atomic E-state index is 4.61.